The lowest BCUT2D eigenvalue weighted by Crippen LogP contribution is -2.27. The summed E-state index contributed by atoms with van der Waals surface area (Å²) < 4.78 is 0. The van der Waals surface area contributed by atoms with Crippen LogP contribution in [0.15, 0.2) is 23.6 Å². The van der Waals surface area contributed by atoms with Gasteiger partial charge in [-0.3, -0.25) is 4.98 Å². The van der Waals surface area contributed by atoms with E-state index >= 15 is 0 Å². The van der Waals surface area contributed by atoms with Crippen molar-refractivity contribution in [3.05, 3.63) is 24.0 Å². The molecule has 0 saturated heterocycles. The maximum absolute atomic E-state index is 8.80. The Hall–Kier alpha value is -1.78. The zero-order valence-electron chi connectivity index (χ0n) is 10.7. The molecule has 5 heteroatoms. The van der Waals surface area contributed by atoms with Crippen LogP contribution in [-0.4, -0.2) is 29.6 Å². The number of anilines is 1. The molecule has 0 bridgehead atoms. The fourth-order valence-electron chi connectivity index (χ4n) is 2.64. The second-order valence-electron chi connectivity index (χ2n) is 4.91. The molecule has 0 atom stereocenters. The van der Waals surface area contributed by atoms with Crippen LogP contribution in [0.4, 0.5) is 5.69 Å². The smallest absolute Gasteiger partial charge is 0.172 e. The Morgan fingerprint density at radius 1 is 1.56 bits per heavy atom. The van der Waals surface area contributed by atoms with Crippen LogP contribution in [0.1, 0.15) is 31.2 Å². The fraction of sp³-hybridized carbons (Fsp3) is 0.538. The van der Waals surface area contributed by atoms with Crippen molar-refractivity contribution in [2.75, 3.05) is 18.5 Å². The van der Waals surface area contributed by atoms with Gasteiger partial charge in [0.05, 0.1) is 11.9 Å². The third-order valence-electron chi connectivity index (χ3n) is 3.60. The average molecular weight is 248 g/mol. The molecule has 1 aromatic rings. The molecule has 0 amide bonds. The maximum Gasteiger partial charge on any atom is 0.172 e. The van der Waals surface area contributed by atoms with E-state index in [4.69, 9.17) is 10.9 Å². The highest BCUT2D eigenvalue weighted by Crippen LogP contribution is 2.27. The molecule has 0 spiro atoms. The molecule has 0 aromatic carbocycles. The highest BCUT2D eigenvalue weighted by atomic mass is 16.4. The number of rotatable bonds is 4. The lowest BCUT2D eigenvalue weighted by molar-refractivity contribution is 0.318. The summed E-state index contributed by atoms with van der Waals surface area (Å²) in [7, 11) is 2.03. The van der Waals surface area contributed by atoms with Gasteiger partial charge in [0.2, 0.25) is 0 Å². The molecule has 1 aliphatic rings. The van der Waals surface area contributed by atoms with Gasteiger partial charge in [-0.2, -0.15) is 0 Å². The van der Waals surface area contributed by atoms with Crippen molar-refractivity contribution in [1.29, 1.82) is 0 Å². The second-order valence-corrected chi connectivity index (χ2v) is 4.91. The largest absolute Gasteiger partial charge is 0.409 e. The second kappa shape index (κ2) is 5.71. The van der Waals surface area contributed by atoms with E-state index in [0.29, 0.717) is 0 Å². The zero-order chi connectivity index (χ0) is 13.0. The predicted molar refractivity (Wildman–Crippen MR) is 72.0 cm³/mol. The summed E-state index contributed by atoms with van der Waals surface area (Å²) >= 11 is 0. The van der Waals surface area contributed by atoms with E-state index in [-0.39, 0.29) is 5.84 Å². The first-order chi connectivity index (χ1) is 8.72. The summed E-state index contributed by atoms with van der Waals surface area (Å²) in [6, 6.07) is 1.77. The highest BCUT2D eigenvalue weighted by molar-refractivity contribution is 6.01. The summed E-state index contributed by atoms with van der Waals surface area (Å²) in [4.78, 5) is 6.27. The third kappa shape index (κ3) is 2.72. The molecule has 1 saturated carbocycles. The lowest BCUT2D eigenvalue weighted by Gasteiger charge is -2.24. The maximum atomic E-state index is 8.80. The van der Waals surface area contributed by atoms with Gasteiger partial charge in [0.15, 0.2) is 5.84 Å². The van der Waals surface area contributed by atoms with Crippen LogP contribution < -0.4 is 10.6 Å². The van der Waals surface area contributed by atoms with Crippen molar-refractivity contribution in [2.45, 2.75) is 25.7 Å². The topological polar surface area (TPSA) is 74.7 Å². The van der Waals surface area contributed by atoms with Crippen LogP contribution in [-0.2, 0) is 0 Å². The minimum Gasteiger partial charge on any atom is -0.409 e. The Morgan fingerprint density at radius 3 is 2.94 bits per heavy atom. The summed E-state index contributed by atoms with van der Waals surface area (Å²) in [6.07, 6.45) is 8.67. The van der Waals surface area contributed by atoms with Gasteiger partial charge in [-0.15, -0.1) is 0 Å². The molecule has 5 nitrogen and oxygen atoms in total. The van der Waals surface area contributed by atoms with Crippen molar-refractivity contribution in [3.63, 3.8) is 0 Å². The Labute approximate surface area is 107 Å². The van der Waals surface area contributed by atoms with Crippen molar-refractivity contribution in [3.8, 4) is 0 Å². The van der Waals surface area contributed by atoms with E-state index in [0.717, 1.165) is 23.7 Å². The van der Waals surface area contributed by atoms with Gasteiger partial charge in [-0.05, 0) is 24.8 Å². The van der Waals surface area contributed by atoms with Crippen molar-refractivity contribution < 1.29 is 5.21 Å². The number of nitrogens with zero attached hydrogens (tertiary/aromatic N) is 3. The highest BCUT2D eigenvalue weighted by Gasteiger charge is 2.19. The number of hydrogen-bond acceptors (Lipinski definition) is 4. The van der Waals surface area contributed by atoms with Gasteiger partial charge in [0, 0.05) is 25.4 Å². The van der Waals surface area contributed by atoms with Gasteiger partial charge in [-0.25, -0.2) is 0 Å². The van der Waals surface area contributed by atoms with Crippen LogP contribution in [0.2, 0.25) is 0 Å². The molecule has 1 heterocycles. The van der Waals surface area contributed by atoms with Gasteiger partial charge in [0.1, 0.15) is 0 Å². The minimum absolute atomic E-state index is 0.130. The summed E-state index contributed by atoms with van der Waals surface area (Å²) in [5, 5.41) is 11.9. The normalized spacial score (nSPS) is 17.1. The molecule has 1 fully saturated rings. The van der Waals surface area contributed by atoms with Crippen molar-refractivity contribution in [1.82, 2.24) is 4.98 Å². The molecule has 3 N–H and O–H groups in total. The third-order valence-corrected chi connectivity index (χ3v) is 3.60. The van der Waals surface area contributed by atoms with E-state index in [1.807, 2.05) is 7.05 Å². The van der Waals surface area contributed by atoms with E-state index in [1.165, 1.54) is 25.7 Å². The molecule has 1 aromatic heterocycles. The van der Waals surface area contributed by atoms with E-state index < -0.39 is 0 Å². The SMILES string of the molecule is CN(CC1CCCC1)c1cnccc1/C(N)=N/O. The van der Waals surface area contributed by atoms with Crippen LogP contribution in [0.25, 0.3) is 0 Å². The number of pyridine rings is 1. The van der Waals surface area contributed by atoms with Crippen LogP contribution in [0, 0.1) is 5.92 Å². The summed E-state index contributed by atoms with van der Waals surface area (Å²) in [6.45, 7) is 0.997. The number of aromatic nitrogens is 1. The molecule has 1 aliphatic carbocycles. The summed E-state index contributed by atoms with van der Waals surface area (Å²) in [5.41, 5.74) is 7.33. The molecule has 0 unspecified atom stereocenters. The Bertz CT molecular complexity index is 427. The fourth-order valence-corrected chi connectivity index (χ4v) is 2.64. The van der Waals surface area contributed by atoms with Gasteiger partial charge in [-0.1, -0.05) is 18.0 Å². The van der Waals surface area contributed by atoms with Gasteiger partial charge < -0.3 is 15.8 Å². The number of hydrogen-bond donors (Lipinski definition) is 2. The predicted octanol–water partition coefficient (Wildman–Crippen LogP) is 1.80. The van der Waals surface area contributed by atoms with E-state index in [1.54, 1.807) is 18.5 Å². The minimum atomic E-state index is 0.130. The Kier molecular flexibility index (Phi) is 4.02. The van der Waals surface area contributed by atoms with Crippen molar-refractivity contribution >= 4 is 11.5 Å². The van der Waals surface area contributed by atoms with Gasteiger partial charge >= 0.3 is 0 Å². The van der Waals surface area contributed by atoms with Gasteiger partial charge in [0.25, 0.3) is 0 Å². The first-order valence-electron chi connectivity index (χ1n) is 6.35. The average Bonchev–Trinajstić information content (AvgIpc) is 2.90. The molecule has 0 aliphatic heterocycles. The summed E-state index contributed by atoms with van der Waals surface area (Å²) in [5.74, 6) is 0.876. The molecule has 0 radical (unpaired) electrons. The Morgan fingerprint density at radius 2 is 2.28 bits per heavy atom. The number of nitrogens with two attached hydrogens (primary N) is 1. The van der Waals surface area contributed by atoms with Crippen LogP contribution in [0.3, 0.4) is 0 Å². The van der Waals surface area contributed by atoms with E-state index in [2.05, 4.69) is 15.0 Å². The molecular weight excluding hydrogens is 228 g/mol. The first kappa shape index (κ1) is 12.7. The van der Waals surface area contributed by atoms with E-state index in [9.17, 15) is 0 Å². The quantitative estimate of drug-likeness (QED) is 0.369. The number of oxime groups is 1. The Balaban J connectivity index is 2.16. The molecule has 98 valence electrons. The van der Waals surface area contributed by atoms with Crippen LogP contribution >= 0.6 is 0 Å². The number of amidine groups is 1. The molecule has 2 rings (SSSR count). The van der Waals surface area contributed by atoms with Crippen LogP contribution in [0.5, 0.6) is 0 Å². The molecular formula is C13H20N4O. The zero-order valence-corrected chi connectivity index (χ0v) is 10.7. The monoisotopic (exact) mass is 248 g/mol. The first-order valence-corrected chi connectivity index (χ1v) is 6.35. The standard InChI is InChI=1S/C13H20N4O/c1-17(9-10-4-2-3-5-10)12-8-15-7-6-11(12)13(14)16-18/h6-8,10,18H,2-5,9H2,1H3,(H2,14,16). The lowest BCUT2D eigenvalue weighted by atomic mass is 10.1. The van der Waals surface area contributed by atoms with Crippen molar-refractivity contribution in [2.24, 2.45) is 16.8 Å². The molecule has 18 heavy (non-hydrogen) atoms.